The van der Waals surface area contributed by atoms with Gasteiger partial charge in [0, 0.05) is 47.0 Å². The van der Waals surface area contributed by atoms with Gasteiger partial charge in [-0.3, -0.25) is 14.5 Å². The minimum atomic E-state index is -1.53. The number of allylic oxidation sites excluding steroid dienone is 1. The summed E-state index contributed by atoms with van der Waals surface area (Å²) < 4.78 is 1.89. The lowest BCUT2D eigenvalue weighted by Gasteiger charge is -2.45. The van der Waals surface area contributed by atoms with Gasteiger partial charge >= 0.3 is 0 Å². The fourth-order valence-electron chi connectivity index (χ4n) is 6.58. The summed E-state index contributed by atoms with van der Waals surface area (Å²) in [6.07, 6.45) is 5.42. The number of carbonyl (C=O) groups excluding carboxylic acids is 2. The summed E-state index contributed by atoms with van der Waals surface area (Å²) in [7, 11) is 0. The smallest absolute Gasteiger partial charge is 0.248 e. The van der Waals surface area contributed by atoms with Crippen molar-refractivity contribution in [2.75, 3.05) is 9.80 Å². The van der Waals surface area contributed by atoms with Crippen molar-refractivity contribution in [2.45, 2.75) is 31.2 Å². The second-order valence-corrected chi connectivity index (χ2v) is 10.3. The maximum atomic E-state index is 15.0. The van der Waals surface area contributed by atoms with Crippen molar-refractivity contribution in [3.05, 3.63) is 137 Å². The molecule has 0 radical (unpaired) electrons. The number of nitriles is 1. The van der Waals surface area contributed by atoms with Crippen molar-refractivity contribution in [3.8, 4) is 6.07 Å². The molecule has 3 aliphatic rings. The molecule has 40 heavy (non-hydrogen) atoms. The summed E-state index contributed by atoms with van der Waals surface area (Å²) >= 11 is 0. The molecule has 4 aromatic rings. The Morgan fingerprint density at radius 1 is 0.800 bits per heavy atom. The molecule has 1 aliphatic carbocycles. The molecular weight excluding hydrogens is 496 g/mol. The Labute approximate surface area is 232 Å². The number of hydrogen-bond acceptors (Lipinski definition) is 4. The van der Waals surface area contributed by atoms with Crippen molar-refractivity contribution in [3.63, 3.8) is 0 Å². The zero-order valence-corrected chi connectivity index (χ0v) is 21.8. The molecule has 1 spiro atoms. The first-order chi connectivity index (χ1) is 19.7. The van der Waals surface area contributed by atoms with E-state index in [9.17, 15) is 14.9 Å². The molecule has 0 bridgehead atoms. The van der Waals surface area contributed by atoms with Crippen LogP contribution in [0.2, 0.25) is 0 Å². The molecule has 3 aromatic carbocycles. The van der Waals surface area contributed by atoms with Crippen molar-refractivity contribution in [1.29, 1.82) is 5.26 Å². The van der Waals surface area contributed by atoms with Gasteiger partial charge in [-0.2, -0.15) is 5.26 Å². The van der Waals surface area contributed by atoms with E-state index < -0.39 is 5.41 Å². The van der Waals surface area contributed by atoms with Crippen LogP contribution < -0.4 is 9.80 Å². The molecule has 0 unspecified atom stereocenters. The molecular formula is C34H26N4O2. The van der Waals surface area contributed by atoms with E-state index in [1.54, 1.807) is 4.90 Å². The third-order valence-corrected chi connectivity index (χ3v) is 8.16. The molecule has 1 atom stereocenters. The molecule has 0 N–H and O–H groups in total. The predicted molar refractivity (Wildman–Crippen MR) is 154 cm³/mol. The van der Waals surface area contributed by atoms with Gasteiger partial charge in [0.1, 0.15) is 17.3 Å². The lowest BCUT2D eigenvalue weighted by molar-refractivity contribution is -0.124. The van der Waals surface area contributed by atoms with Gasteiger partial charge in [0.25, 0.3) is 0 Å². The Kier molecular flexibility index (Phi) is 5.53. The van der Waals surface area contributed by atoms with E-state index in [0.29, 0.717) is 42.8 Å². The number of anilines is 2. The SMILES string of the molecule is N#CC1=C(n2cccc2)N(c2ccccc2)C2=C(C(=O)CCC2)[C@]12C(=O)N(Cc1ccccc1)c1ccccc12. The molecule has 0 saturated heterocycles. The number of benzene rings is 3. The third-order valence-electron chi connectivity index (χ3n) is 8.16. The Bertz CT molecular complexity index is 1750. The molecule has 1 aromatic heterocycles. The molecule has 7 rings (SSSR count). The number of aromatic nitrogens is 1. The van der Waals surface area contributed by atoms with Gasteiger partial charge in [-0.05, 0) is 48.7 Å². The maximum absolute atomic E-state index is 15.0. The largest absolute Gasteiger partial charge is 0.309 e. The number of Topliss-reactive ketones (excluding diaryl/α,β-unsaturated/α-hetero) is 1. The zero-order chi connectivity index (χ0) is 27.3. The molecule has 6 nitrogen and oxygen atoms in total. The summed E-state index contributed by atoms with van der Waals surface area (Å²) in [6, 6.07) is 33.5. The van der Waals surface area contributed by atoms with Crippen LogP contribution in [0.1, 0.15) is 30.4 Å². The summed E-state index contributed by atoms with van der Waals surface area (Å²) in [4.78, 5) is 32.8. The first kappa shape index (κ1) is 23.9. The van der Waals surface area contributed by atoms with Crippen molar-refractivity contribution >= 4 is 28.9 Å². The highest BCUT2D eigenvalue weighted by molar-refractivity contribution is 6.22. The Balaban J connectivity index is 1.58. The first-order valence-electron chi connectivity index (χ1n) is 13.5. The van der Waals surface area contributed by atoms with Crippen LogP contribution in [-0.4, -0.2) is 16.3 Å². The van der Waals surface area contributed by atoms with Gasteiger partial charge in [-0.1, -0.05) is 66.7 Å². The fraction of sp³-hybridized carbons (Fsp3) is 0.147. The first-order valence-corrected chi connectivity index (χ1v) is 13.5. The van der Waals surface area contributed by atoms with E-state index in [0.717, 1.165) is 22.6 Å². The molecule has 2 aliphatic heterocycles. The zero-order valence-electron chi connectivity index (χ0n) is 21.8. The van der Waals surface area contributed by atoms with Crippen LogP contribution in [-0.2, 0) is 21.5 Å². The van der Waals surface area contributed by atoms with E-state index in [1.165, 1.54) is 0 Å². The molecule has 0 fully saturated rings. The van der Waals surface area contributed by atoms with E-state index in [4.69, 9.17) is 0 Å². The molecule has 3 heterocycles. The monoisotopic (exact) mass is 522 g/mol. The predicted octanol–water partition coefficient (Wildman–Crippen LogP) is 6.19. The van der Waals surface area contributed by atoms with E-state index in [1.807, 2.05) is 119 Å². The molecule has 1 amide bonds. The molecule has 0 saturated carbocycles. The second kappa shape index (κ2) is 9.25. The van der Waals surface area contributed by atoms with Crippen LogP contribution in [0, 0.1) is 11.3 Å². The number of rotatable bonds is 4. The van der Waals surface area contributed by atoms with Gasteiger partial charge in [0.05, 0.1) is 12.1 Å². The van der Waals surface area contributed by atoms with E-state index in [2.05, 4.69) is 6.07 Å². The van der Waals surface area contributed by atoms with Crippen molar-refractivity contribution < 1.29 is 9.59 Å². The normalized spacial score (nSPS) is 20.2. The fourth-order valence-corrected chi connectivity index (χ4v) is 6.58. The number of hydrogen-bond donors (Lipinski definition) is 0. The van der Waals surface area contributed by atoms with Crippen LogP contribution in [0.15, 0.2) is 126 Å². The quantitative estimate of drug-likeness (QED) is 0.320. The number of para-hydroxylation sites is 2. The number of nitrogens with zero attached hydrogens (tertiary/aromatic N) is 4. The molecule has 194 valence electrons. The second-order valence-electron chi connectivity index (χ2n) is 10.3. The maximum Gasteiger partial charge on any atom is 0.248 e. The third kappa shape index (κ3) is 3.28. The van der Waals surface area contributed by atoms with Gasteiger partial charge in [0.2, 0.25) is 5.91 Å². The Morgan fingerprint density at radius 2 is 1.48 bits per heavy atom. The van der Waals surface area contributed by atoms with Crippen LogP contribution in [0.25, 0.3) is 5.82 Å². The minimum Gasteiger partial charge on any atom is -0.309 e. The van der Waals surface area contributed by atoms with E-state index in [-0.39, 0.29) is 17.3 Å². The number of carbonyl (C=O) groups is 2. The van der Waals surface area contributed by atoms with Gasteiger partial charge < -0.3 is 9.47 Å². The highest BCUT2D eigenvalue weighted by atomic mass is 16.2. The summed E-state index contributed by atoms with van der Waals surface area (Å²) in [5.41, 5.74) is 3.18. The van der Waals surface area contributed by atoms with Crippen LogP contribution >= 0.6 is 0 Å². The number of amides is 1. The highest BCUT2D eigenvalue weighted by Crippen LogP contribution is 2.58. The molecule has 6 heteroatoms. The van der Waals surface area contributed by atoms with Crippen LogP contribution in [0.4, 0.5) is 11.4 Å². The lowest BCUT2D eigenvalue weighted by atomic mass is 9.63. The van der Waals surface area contributed by atoms with Crippen molar-refractivity contribution in [1.82, 2.24) is 4.57 Å². The van der Waals surface area contributed by atoms with Gasteiger partial charge in [0.15, 0.2) is 5.78 Å². The average Bonchev–Trinajstić information content (AvgIpc) is 3.61. The summed E-state index contributed by atoms with van der Waals surface area (Å²) in [5.74, 6) is 0.247. The number of ketones is 1. The van der Waals surface area contributed by atoms with E-state index >= 15 is 0 Å². The standard InChI is InChI=1S/C34H26N4O2/c35-22-27-32(36-20-9-10-21-36)38(25-14-5-2-6-15-25)29-18-11-19-30(39)31(29)34(27)26-16-7-8-17-28(26)37(33(34)40)23-24-12-3-1-4-13-24/h1-10,12-17,20-21H,11,18-19,23H2/t34-/m1/s1. The summed E-state index contributed by atoms with van der Waals surface area (Å²) in [5, 5.41) is 11.0. The Hall–Kier alpha value is -5.15. The highest BCUT2D eigenvalue weighted by Gasteiger charge is 2.62. The van der Waals surface area contributed by atoms with Gasteiger partial charge in [-0.15, -0.1) is 0 Å². The lowest BCUT2D eigenvalue weighted by Crippen LogP contribution is -2.51. The van der Waals surface area contributed by atoms with Gasteiger partial charge in [-0.25, -0.2) is 0 Å². The Morgan fingerprint density at radius 3 is 2.20 bits per heavy atom. The summed E-state index contributed by atoms with van der Waals surface area (Å²) in [6.45, 7) is 0.342. The topological polar surface area (TPSA) is 69.3 Å². The average molecular weight is 523 g/mol. The van der Waals surface area contributed by atoms with Crippen LogP contribution in [0.5, 0.6) is 0 Å². The number of fused-ring (bicyclic) bond motifs is 3. The van der Waals surface area contributed by atoms with Crippen molar-refractivity contribution in [2.24, 2.45) is 0 Å². The van der Waals surface area contributed by atoms with Crippen LogP contribution in [0.3, 0.4) is 0 Å². The minimum absolute atomic E-state index is 0.0776.